The van der Waals surface area contributed by atoms with E-state index in [1.165, 1.54) is 20.7 Å². The van der Waals surface area contributed by atoms with Crippen LogP contribution >= 0.6 is 0 Å². The standard InChI is InChI=1S/C35H32O6.C34H32O6Si/c1-3-33(36)40-25-23-38-31-19-15-29(16-20-31)35(27-11-7-5-8-12-27,28-13-9-6-10-14-28)30-17-21-32(22-18-30)39-24-26-41-34(37)4-2;1-3-33(35)39-25-23-37-27-15-19-31(20-16-27)41(29-11-7-5-8-12-29,30-13-9-6-10-14-30)32-21-17-28(18-22-32)38-24-26-40-34(36)4-2/h2*3-22H,1-2,23-26H2. The molecule has 0 aliphatic heterocycles. The first-order chi connectivity index (χ1) is 40.1. The molecule has 0 saturated carbocycles. The van der Waals surface area contributed by atoms with Crippen molar-refractivity contribution in [1.29, 1.82) is 0 Å². The van der Waals surface area contributed by atoms with Gasteiger partial charge in [0.25, 0.3) is 0 Å². The molecule has 8 aromatic rings. The van der Waals surface area contributed by atoms with Gasteiger partial charge in [0.05, 0.1) is 5.41 Å². The fraction of sp³-hybridized carbons (Fsp3) is 0.130. The molecule has 0 aromatic heterocycles. The minimum atomic E-state index is -2.73. The van der Waals surface area contributed by atoms with E-state index >= 15 is 0 Å². The zero-order chi connectivity index (χ0) is 57.8. The summed E-state index contributed by atoms with van der Waals surface area (Å²) in [6, 6.07) is 74.0. The fourth-order valence-electron chi connectivity index (χ4n) is 9.40. The molecule has 0 aliphatic carbocycles. The first kappa shape index (κ1) is 59.7. The largest absolute Gasteiger partial charge is 0.490 e. The summed E-state index contributed by atoms with van der Waals surface area (Å²) in [4.78, 5) is 45.1. The van der Waals surface area contributed by atoms with Crippen LogP contribution in [0.25, 0.3) is 0 Å². The molecule has 0 bridgehead atoms. The molecule has 0 spiro atoms. The Bertz CT molecular complexity index is 2860. The summed E-state index contributed by atoms with van der Waals surface area (Å²) >= 11 is 0. The van der Waals surface area contributed by atoms with E-state index in [-0.39, 0.29) is 52.9 Å². The van der Waals surface area contributed by atoms with Crippen molar-refractivity contribution in [3.63, 3.8) is 0 Å². The van der Waals surface area contributed by atoms with E-state index in [0.717, 1.165) is 46.6 Å². The van der Waals surface area contributed by atoms with Gasteiger partial charge in [-0.15, -0.1) is 0 Å². The lowest BCUT2D eigenvalue weighted by Gasteiger charge is -2.37. The minimum absolute atomic E-state index is 0.135. The second-order valence-electron chi connectivity index (χ2n) is 17.9. The van der Waals surface area contributed by atoms with Gasteiger partial charge in [-0.3, -0.25) is 0 Å². The number of hydrogen-bond donors (Lipinski definition) is 0. The molecule has 416 valence electrons. The monoisotopic (exact) mass is 1110 g/mol. The third-order valence-electron chi connectivity index (χ3n) is 13.0. The van der Waals surface area contributed by atoms with Gasteiger partial charge in [0.15, 0.2) is 8.07 Å². The van der Waals surface area contributed by atoms with Crippen molar-refractivity contribution in [2.45, 2.75) is 5.41 Å². The third kappa shape index (κ3) is 15.6. The van der Waals surface area contributed by atoms with E-state index in [9.17, 15) is 19.2 Å². The van der Waals surface area contributed by atoms with E-state index in [1.807, 2.05) is 97.1 Å². The molecule has 8 rings (SSSR count). The highest BCUT2D eigenvalue weighted by Gasteiger charge is 2.42. The van der Waals surface area contributed by atoms with Crippen molar-refractivity contribution < 1.29 is 57.1 Å². The topological polar surface area (TPSA) is 142 Å². The Labute approximate surface area is 480 Å². The average Bonchev–Trinajstić information content (AvgIpc) is 2.95. The lowest BCUT2D eigenvalue weighted by molar-refractivity contribution is -0.139. The quantitative estimate of drug-likeness (QED) is 0.0115. The summed E-state index contributed by atoms with van der Waals surface area (Å²) in [5, 5.41) is 4.85. The molecule has 82 heavy (non-hydrogen) atoms. The Morgan fingerprint density at radius 3 is 0.768 bits per heavy atom. The molecule has 0 N–H and O–H groups in total. The average molecular weight is 1110 g/mol. The number of carbonyl (C=O) groups excluding carboxylic acids is 4. The van der Waals surface area contributed by atoms with Gasteiger partial charge in [-0.05, 0) is 91.5 Å². The van der Waals surface area contributed by atoms with Crippen LogP contribution in [0.4, 0.5) is 0 Å². The Morgan fingerprint density at radius 2 is 0.512 bits per heavy atom. The maximum atomic E-state index is 11.3. The molecule has 0 radical (unpaired) electrons. The highest BCUT2D eigenvalue weighted by Crippen LogP contribution is 2.45. The number of carbonyl (C=O) groups is 4. The van der Waals surface area contributed by atoms with Gasteiger partial charge in [-0.1, -0.05) is 196 Å². The highest BCUT2D eigenvalue weighted by atomic mass is 28.3. The number of rotatable bonds is 28. The van der Waals surface area contributed by atoms with Crippen LogP contribution in [0.1, 0.15) is 22.3 Å². The first-order valence-corrected chi connectivity index (χ1v) is 28.5. The van der Waals surface area contributed by atoms with Crippen molar-refractivity contribution in [2.75, 3.05) is 52.9 Å². The Kier molecular flexibility index (Phi) is 22.5. The molecule has 0 unspecified atom stereocenters. The molecule has 0 atom stereocenters. The lowest BCUT2D eigenvalue weighted by atomic mass is 9.65. The molecule has 0 amide bonds. The van der Waals surface area contributed by atoms with Gasteiger partial charge < -0.3 is 37.9 Å². The van der Waals surface area contributed by atoms with Crippen molar-refractivity contribution in [2.24, 2.45) is 0 Å². The van der Waals surface area contributed by atoms with Crippen molar-refractivity contribution >= 4 is 52.7 Å². The zero-order valence-corrected chi connectivity index (χ0v) is 46.5. The Morgan fingerprint density at radius 1 is 0.293 bits per heavy atom. The minimum Gasteiger partial charge on any atom is -0.490 e. The van der Waals surface area contributed by atoms with Gasteiger partial charge in [0.2, 0.25) is 0 Å². The second kappa shape index (κ2) is 31.0. The number of hydrogen-bond acceptors (Lipinski definition) is 12. The SMILES string of the molecule is C=CC(=O)OCCOc1ccc(C(c2ccccc2)(c2ccccc2)c2ccc(OCCOC(=O)C=C)cc2)cc1.C=CC(=O)OCCOc1ccc([Si](c2ccccc2)(c2ccccc2)c2ccc(OCCOC(=O)C=C)cc2)cc1. The zero-order valence-electron chi connectivity index (χ0n) is 45.5. The van der Waals surface area contributed by atoms with E-state index in [1.54, 1.807) is 0 Å². The van der Waals surface area contributed by atoms with Crippen LogP contribution in [0, 0.1) is 0 Å². The highest BCUT2D eigenvalue weighted by molar-refractivity contribution is 7.19. The van der Waals surface area contributed by atoms with Crippen LogP contribution in [-0.4, -0.2) is 84.8 Å². The van der Waals surface area contributed by atoms with Crippen LogP contribution < -0.4 is 39.7 Å². The van der Waals surface area contributed by atoms with Gasteiger partial charge in [-0.2, -0.15) is 0 Å². The predicted molar refractivity (Wildman–Crippen MR) is 321 cm³/mol. The predicted octanol–water partition coefficient (Wildman–Crippen LogP) is 9.57. The fourth-order valence-corrected chi connectivity index (χ4v) is 14.1. The van der Waals surface area contributed by atoms with E-state index in [2.05, 4.69) is 148 Å². The summed E-state index contributed by atoms with van der Waals surface area (Å²) in [6.07, 6.45) is 4.51. The smallest absolute Gasteiger partial charge is 0.330 e. The van der Waals surface area contributed by atoms with E-state index < -0.39 is 37.4 Å². The van der Waals surface area contributed by atoms with Crippen molar-refractivity contribution in [3.8, 4) is 23.0 Å². The van der Waals surface area contributed by atoms with Crippen molar-refractivity contribution in [1.82, 2.24) is 0 Å². The van der Waals surface area contributed by atoms with Crippen LogP contribution in [0.3, 0.4) is 0 Å². The lowest BCUT2D eigenvalue weighted by Crippen LogP contribution is -2.74. The molecule has 12 nitrogen and oxygen atoms in total. The second-order valence-corrected chi connectivity index (χ2v) is 21.8. The van der Waals surface area contributed by atoms with Gasteiger partial charge in [0.1, 0.15) is 75.9 Å². The van der Waals surface area contributed by atoms with Crippen LogP contribution in [0.2, 0.25) is 0 Å². The molecule has 0 heterocycles. The maximum Gasteiger partial charge on any atom is 0.330 e. The van der Waals surface area contributed by atoms with Crippen LogP contribution in [0.15, 0.2) is 269 Å². The van der Waals surface area contributed by atoms with Gasteiger partial charge in [-0.25, -0.2) is 19.2 Å². The van der Waals surface area contributed by atoms with Gasteiger partial charge >= 0.3 is 23.9 Å². The summed E-state index contributed by atoms with van der Waals surface area (Å²) in [6.45, 7) is 15.1. The number of esters is 4. The Balaban J connectivity index is 0.000000236. The molecule has 0 saturated heterocycles. The molecular formula is C69H64O12Si. The van der Waals surface area contributed by atoms with Crippen LogP contribution in [-0.2, 0) is 43.5 Å². The molecule has 13 heteroatoms. The number of benzene rings is 8. The summed E-state index contributed by atoms with van der Waals surface area (Å²) < 4.78 is 43.3. The molecular weight excluding hydrogens is 1050 g/mol. The summed E-state index contributed by atoms with van der Waals surface area (Å²) in [7, 11) is -2.73. The summed E-state index contributed by atoms with van der Waals surface area (Å²) in [5.41, 5.74) is 3.65. The molecule has 0 fully saturated rings. The Hall–Kier alpha value is -9.98. The first-order valence-electron chi connectivity index (χ1n) is 26.5. The molecule has 8 aromatic carbocycles. The van der Waals surface area contributed by atoms with Gasteiger partial charge in [0, 0.05) is 24.3 Å². The number of ether oxygens (including phenoxy) is 8. The summed E-state index contributed by atoms with van der Waals surface area (Å²) in [5.74, 6) is 0.801. The van der Waals surface area contributed by atoms with Crippen molar-refractivity contribution in [3.05, 3.63) is 291 Å². The maximum absolute atomic E-state index is 11.3. The third-order valence-corrected chi connectivity index (χ3v) is 17.8. The van der Waals surface area contributed by atoms with E-state index in [4.69, 9.17) is 37.9 Å². The normalized spacial score (nSPS) is 10.7. The van der Waals surface area contributed by atoms with E-state index in [0.29, 0.717) is 23.0 Å². The molecule has 0 aliphatic rings. The van der Waals surface area contributed by atoms with Crippen LogP contribution in [0.5, 0.6) is 23.0 Å².